The lowest BCUT2D eigenvalue weighted by molar-refractivity contribution is -0.142. The van der Waals surface area contributed by atoms with Crippen molar-refractivity contribution in [3.63, 3.8) is 0 Å². The Morgan fingerprint density at radius 1 is 1.50 bits per heavy atom. The molecular weight excluding hydrogens is 240 g/mol. The van der Waals surface area contributed by atoms with Crippen LogP contribution in [0.2, 0.25) is 0 Å². The third-order valence-corrected chi connectivity index (χ3v) is 2.78. The highest BCUT2D eigenvalue weighted by Gasteiger charge is 2.34. The molecule has 1 aromatic heterocycles. The molecule has 0 bridgehead atoms. The Labute approximate surface area is 103 Å². The molecule has 2 atom stereocenters. The number of ether oxygens (including phenoxy) is 1. The van der Waals surface area contributed by atoms with Crippen LogP contribution in [0.3, 0.4) is 0 Å². The summed E-state index contributed by atoms with van der Waals surface area (Å²) in [4.78, 5) is 26.3. The first-order chi connectivity index (χ1) is 8.66. The van der Waals surface area contributed by atoms with E-state index in [1.807, 2.05) is 0 Å². The zero-order valence-electron chi connectivity index (χ0n) is 9.65. The van der Waals surface area contributed by atoms with Crippen molar-refractivity contribution in [1.82, 2.24) is 20.1 Å². The highest BCUT2D eigenvalue weighted by molar-refractivity contribution is 5.78. The van der Waals surface area contributed by atoms with Gasteiger partial charge < -0.3 is 15.2 Å². The van der Waals surface area contributed by atoms with Gasteiger partial charge in [-0.25, -0.2) is 4.98 Å². The Kier molecular flexibility index (Phi) is 3.88. The van der Waals surface area contributed by atoms with Crippen LogP contribution in [0, 0.1) is 5.92 Å². The fraction of sp³-hybridized carbons (Fsp3) is 0.600. The first kappa shape index (κ1) is 12.5. The number of rotatable bonds is 5. The van der Waals surface area contributed by atoms with Crippen LogP contribution in [-0.2, 0) is 20.9 Å². The summed E-state index contributed by atoms with van der Waals surface area (Å²) >= 11 is 0. The van der Waals surface area contributed by atoms with E-state index < -0.39 is 17.9 Å². The number of nitrogens with one attached hydrogen (secondary N) is 1. The molecule has 1 amide bonds. The second kappa shape index (κ2) is 5.58. The van der Waals surface area contributed by atoms with E-state index in [0.717, 1.165) is 0 Å². The summed E-state index contributed by atoms with van der Waals surface area (Å²) in [5.41, 5.74) is 0. The number of aryl methyl sites for hydroxylation is 1. The topological polar surface area (TPSA) is 106 Å². The van der Waals surface area contributed by atoms with Gasteiger partial charge in [0.05, 0.1) is 25.8 Å². The molecule has 0 aliphatic carbocycles. The first-order valence-corrected chi connectivity index (χ1v) is 5.59. The largest absolute Gasteiger partial charge is 0.481 e. The third kappa shape index (κ3) is 3.04. The highest BCUT2D eigenvalue weighted by Crippen LogP contribution is 2.13. The molecule has 18 heavy (non-hydrogen) atoms. The van der Waals surface area contributed by atoms with E-state index >= 15 is 0 Å². The van der Waals surface area contributed by atoms with E-state index in [9.17, 15) is 9.59 Å². The van der Waals surface area contributed by atoms with Crippen LogP contribution in [0.4, 0.5) is 0 Å². The van der Waals surface area contributed by atoms with Gasteiger partial charge >= 0.3 is 5.97 Å². The van der Waals surface area contributed by atoms with E-state index in [-0.39, 0.29) is 25.5 Å². The Hall–Kier alpha value is -1.96. The number of carbonyl (C=O) groups is 2. The summed E-state index contributed by atoms with van der Waals surface area (Å²) in [6, 6.07) is -0.453. The van der Waals surface area contributed by atoms with Gasteiger partial charge in [-0.05, 0) is 0 Å². The van der Waals surface area contributed by atoms with Crippen LogP contribution >= 0.6 is 0 Å². The summed E-state index contributed by atoms with van der Waals surface area (Å²) in [6.07, 6.45) is 3.14. The van der Waals surface area contributed by atoms with E-state index in [1.165, 1.54) is 12.7 Å². The molecule has 98 valence electrons. The Balaban J connectivity index is 1.78. The summed E-state index contributed by atoms with van der Waals surface area (Å²) in [5, 5.41) is 15.5. The van der Waals surface area contributed by atoms with Crippen molar-refractivity contribution in [2.75, 3.05) is 13.2 Å². The minimum absolute atomic E-state index is 0.142. The number of carbonyl (C=O) groups excluding carboxylic acids is 1. The normalized spacial score (nSPS) is 22.9. The molecule has 2 N–H and O–H groups in total. The number of nitrogens with zero attached hydrogens (tertiary/aromatic N) is 3. The van der Waals surface area contributed by atoms with Crippen molar-refractivity contribution < 1.29 is 19.4 Å². The molecule has 1 aliphatic rings. The van der Waals surface area contributed by atoms with E-state index in [4.69, 9.17) is 9.84 Å². The molecule has 8 heteroatoms. The summed E-state index contributed by atoms with van der Waals surface area (Å²) in [7, 11) is 0. The lowest BCUT2D eigenvalue weighted by atomic mass is 10.0. The monoisotopic (exact) mass is 254 g/mol. The average molecular weight is 254 g/mol. The molecule has 1 saturated heterocycles. The van der Waals surface area contributed by atoms with Gasteiger partial charge in [-0.3, -0.25) is 14.3 Å². The van der Waals surface area contributed by atoms with E-state index in [2.05, 4.69) is 15.4 Å². The summed E-state index contributed by atoms with van der Waals surface area (Å²) < 4.78 is 6.60. The maximum atomic E-state index is 11.6. The SMILES string of the molecule is O=C(CCn1cncn1)NC1COCC1C(=O)O. The van der Waals surface area contributed by atoms with E-state index in [0.29, 0.717) is 6.54 Å². The van der Waals surface area contributed by atoms with Crippen LogP contribution in [-0.4, -0.2) is 51.0 Å². The summed E-state index contributed by atoms with van der Waals surface area (Å²) in [6.45, 7) is 0.798. The second-order valence-electron chi connectivity index (χ2n) is 4.06. The van der Waals surface area contributed by atoms with Crippen LogP contribution in [0.1, 0.15) is 6.42 Å². The Morgan fingerprint density at radius 3 is 3.00 bits per heavy atom. The van der Waals surface area contributed by atoms with Gasteiger partial charge in [0.15, 0.2) is 0 Å². The third-order valence-electron chi connectivity index (χ3n) is 2.78. The molecule has 0 aromatic carbocycles. The molecule has 1 aliphatic heterocycles. The fourth-order valence-electron chi connectivity index (χ4n) is 1.78. The van der Waals surface area contributed by atoms with Gasteiger partial charge in [0.2, 0.25) is 5.91 Å². The van der Waals surface area contributed by atoms with Crippen LogP contribution in [0.5, 0.6) is 0 Å². The van der Waals surface area contributed by atoms with Gasteiger partial charge in [-0.1, -0.05) is 0 Å². The van der Waals surface area contributed by atoms with Gasteiger partial charge in [0.25, 0.3) is 0 Å². The predicted molar refractivity (Wildman–Crippen MR) is 58.5 cm³/mol. The maximum Gasteiger partial charge on any atom is 0.311 e. The number of hydrogen-bond donors (Lipinski definition) is 2. The number of aliphatic carboxylic acids is 1. The number of carboxylic acids is 1. The highest BCUT2D eigenvalue weighted by atomic mass is 16.5. The van der Waals surface area contributed by atoms with Crippen molar-refractivity contribution in [3.8, 4) is 0 Å². The van der Waals surface area contributed by atoms with Crippen molar-refractivity contribution >= 4 is 11.9 Å². The molecule has 2 rings (SSSR count). The lowest BCUT2D eigenvalue weighted by Crippen LogP contribution is -2.42. The minimum atomic E-state index is -0.950. The van der Waals surface area contributed by atoms with Gasteiger partial charge in [-0.15, -0.1) is 0 Å². The van der Waals surface area contributed by atoms with Crippen LogP contribution < -0.4 is 5.32 Å². The average Bonchev–Trinajstić information content (AvgIpc) is 2.96. The first-order valence-electron chi connectivity index (χ1n) is 5.59. The van der Waals surface area contributed by atoms with Gasteiger partial charge in [-0.2, -0.15) is 5.10 Å². The molecule has 0 spiro atoms. The smallest absolute Gasteiger partial charge is 0.311 e. The number of amides is 1. The zero-order valence-corrected chi connectivity index (χ0v) is 9.65. The molecule has 2 heterocycles. The van der Waals surface area contributed by atoms with Crippen molar-refractivity contribution in [3.05, 3.63) is 12.7 Å². The molecule has 0 saturated carbocycles. The molecule has 1 aromatic rings. The fourth-order valence-corrected chi connectivity index (χ4v) is 1.78. The van der Waals surface area contributed by atoms with Gasteiger partial charge in [0, 0.05) is 6.42 Å². The van der Waals surface area contributed by atoms with Crippen LogP contribution in [0.25, 0.3) is 0 Å². The molecule has 0 radical (unpaired) electrons. The van der Waals surface area contributed by atoms with Crippen molar-refractivity contribution in [2.24, 2.45) is 5.92 Å². The Morgan fingerprint density at radius 2 is 2.33 bits per heavy atom. The van der Waals surface area contributed by atoms with Gasteiger partial charge in [0.1, 0.15) is 18.6 Å². The van der Waals surface area contributed by atoms with E-state index in [1.54, 1.807) is 4.68 Å². The number of hydrogen-bond acceptors (Lipinski definition) is 5. The lowest BCUT2D eigenvalue weighted by Gasteiger charge is -2.15. The molecule has 1 fully saturated rings. The standard InChI is InChI=1S/C10H14N4O4/c15-9(1-2-14-6-11-5-12-14)13-8-4-18-3-7(8)10(16)17/h5-8H,1-4H2,(H,13,15)(H,16,17). The van der Waals surface area contributed by atoms with Crippen molar-refractivity contribution in [1.29, 1.82) is 0 Å². The quantitative estimate of drug-likeness (QED) is 0.689. The zero-order chi connectivity index (χ0) is 13.0. The molecule has 2 unspecified atom stereocenters. The Bertz CT molecular complexity index is 420. The number of carboxylic acid groups (broad SMARTS) is 1. The molecule has 8 nitrogen and oxygen atoms in total. The maximum absolute atomic E-state index is 11.6. The molecular formula is C10H14N4O4. The second-order valence-corrected chi connectivity index (χ2v) is 4.06. The number of aromatic nitrogens is 3. The summed E-state index contributed by atoms with van der Waals surface area (Å²) in [5.74, 6) is -1.83. The van der Waals surface area contributed by atoms with Crippen LogP contribution in [0.15, 0.2) is 12.7 Å². The predicted octanol–water partition coefficient (Wildman–Crippen LogP) is -1.12. The van der Waals surface area contributed by atoms with Crippen molar-refractivity contribution in [2.45, 2.75) is 19.0 Å². The minimum Gasteiger partial charge on any atom is -0.481 e.